The Morgan fingerprint density at radius 1 is 0.831 bits per heavy atom. The Hall–Kier alpha value is -9.08. The summed E-state index contributed by atoms with van der Waals surface area (Å²) < 4.78 is 18.7. The van der Waals surface area contributed by atoms with Gasteiger partial charge >= 0.3 is 6.09 Å². The van der Waals surface area contributed by atoms with Crippen LogP contribution in [0.15, 0.2) is 95.2 Å². The molecule has 8 rings (SSSR count). The van der Waals surface area contributed by atoms with E-state index in [0.29, 0.717) is 84.6 Å². The molecular formula is C49H51N13O9. The van der Waals surface area contributed by atoms with Crippen molar-refractivity contribution in [1.29, 1.82) is 0 Å². The van der Waals surface area contributed by atoms with Crippen molar-refractivity contribution >= 4 is 47.2 Å². The predicted molar refractivity (Wildman–Crippen MR) is 261 cm³/mol. The van der Waals surface area contributed by atoms with E-state index in [1.807, 2.05) is 24.8 Å². The quantitative estimate of drug-likeness (QED) is 0.0614. The number of nitrogens with two attached hydrogens (primary N) is 1. The number of nitrogen functional groups attached to an aromatic ring is 1. The normalized spacial score (nSPS) is 12.5. The summed E-state index contributed by atoms with van der Waals surface area (Å²) in [6.45, 7) is 7.75. The van der Waals surface area contributed by atoms with Gasteiger partial charge in [-0.25, -0.2) is 19.8 Å². The minimum Gasteiger partial charge on any atom is -0.508 e. The summed E-state index contributed by atoms with van der Waals surface area (Å²) in [6, 6.07) is 19.9. The highest BCUT2D eigenvalue weighted by atomic mass is 16.6. The van der Waals surface area contributed by atoms with Crippen molar-refractivity contribution < 1.29 is 43.6 Å². The maximum atomic E-state index is 13.2. The number of aromatic hydroxyl groups is 2. The molecule has 0 saturated carbocycles. The number of phenolic OH excluding ortho intramolecular Hbond substituents is 2. The van der Waals surface area contributed by atoms with E-state index in [0.717, 1.165) is 11.1 Å². The summed E-state index contributed by atoms with van der Waals surface area (Å²) in [5.41, 5.74) is 9.52. The Balaban J connectivity index is 0.801. The maximum absolute atomic E-state index is 13.2. The van der Waals surface area contributed by atoms with Crippen LogP contribution >= 0.6 is 0 Å². The average molecular weight is 966 g/mol. The monoisotopic (exact) mass is 965 g/mol. The molecule has 0 fully saturated rings. The van der Waals surface area contributed by atoms with Gasteiger partial charge in [-0.15, -0.1) is 10.2 Å². The maximum Gasteiger partial charge on any atom is 0.412 e. The van der Waals surface area contributed by atoms with Gasteiger partial charge in [-0.2, -0.15) is 0 Å². The number of carbonyl (C=O) groups is 4. The summed E-state index contributed by atoms with van der Waals surface area (Å²) >= 11 is 0. The lowest BCUT2D eigenvalue weighted by atomic mass is 9.98. The number of hydrogen-bond donors (Lipinski definition) is 7. The molecule has 8 N–H and O–H groups in total. The van der Waals surface area contributed by atoms with Gasteiger partial charge in [0.2, 0.25) is 17.7 Å². The highest BCUT2D eigenvalue weighted by molar-refractivity contribution is 6.20. The third-order valence-corrected chi connectivity index (χ3v) is 11.3. The van der Waals surface area contributed by atoms with E-state index in [4.69, 9.17) is 24.9 Å². The molecule has 0 saturated heterocycles. The van der Waals surface area contributed by atoms with Crippen LogP contribution < -0.4 is 41.2 Å². The van der Waals surface area contributed by atoms with Gasteiger partial charge in [-0.05, 0) is 91.4 Å². The Kier molecular flexibility index (Phi) is 14.6. The lowest BCUT2D eigenvalue weighted by Crippen LogP contribution is -2.47. The molecule has 4 amide bonds. The summed E-state index contributed by atoms with van der Waals surface area (Å²) in [5.74, 6) is 0.560. The lowest BCUT2D eigenvalue weighted by molar-refractivity contribution is 0.0938. The number of carbonyl (C=O) groups excluding carboxylic acids is 4. The molecule has 6 aromatic rings. The molecule has 2 aliphatic rings. The zero-order chi connectivity index (χ0) is 50.2. The molecule has 0 radical (unpaired) electrons. The topological polar surface area (TPSA) is 295 Å². The number of fused-ring (bicyclic) bond motifs is 3. The first-order valence-electron chi connectivity index (χ1n) is 22.7. The van der Waals surface area contributed by atoms with E-state index in [1.165, 1.54) is 30.1 Å². The molecule has 2 aliphatic heterocycles. The molecule has 4 aromatic carbocycles. The standard InChI is InChI=1S/C49H51N13O9/c1-5-51-46(67)43-60-59-42(35-23-34(27(2)3)36(63)24-37(35)64)62(43)31-11-9-29(10-12-31)44(65)53-19-17-28-7-13-32(14-8-28)71-49(68)54-18-6-22-70-38-16-15-33-39(40(38)69-4)57-48(61-21-20-52-41(33)61)58-45(66)30-25-55-47(50)56-26-30/h7-16,23-27,63-64H,5-6,17-22H2,1-4H3,(H,51,67)(H,53,65)(H,54,68)(H2,50,55,56)(H,57,58,66). The minimum absolute atomic E-state index is 0.0244. The first-order valence-corrected chi connectivity index (χ1v) is 22.7. The second kappa shape index (κ2) is 21.5. The second-order valence-corrected chi connectivity index (χ2v) is 16.4. The number of rotatable bonds is 17. The highest BCUT2D eigenvalue weighted by Crippen LogP contribution is 2.43. The van der Waals surface area contributed by atoms with E-state index in [-0.39, 0.29) is 71.2 Å². The predicted octanol–water partition coefficient (Wildman–Crippen LogP) is 4.62. The molecule has 0 aliphatic carbocycles. The fourth-order valence-electron chi connectivity index (χ4n) is 7.75. The first kappa shape index (κ1) is 48.4. The van der Waals surface area contributed by atoms with E-state index in [2.05, 4.69) is 46.4 Å². The van der Waals surface area contributed by atoms with Crippen LogP contribution in [0.5, 0.6) is 28.7 Å². The smallest absolute Gasteiger partial charge is 0.412 e. The number of amides is 4. The molecule has 0 spiro atoms. The van der Waals surface area contributed by atoms with Crippen LogP contribution in [0.2, 0.25) is 0 Å². The fourth-order valence-corrected chi connectivity index (χ4v) is 7.75. The van der Waals surface area contributed by atoms with Crippen LogP contribution in [0.3, 0.4) is 0 Å². The number of ether oxygens (including phenoxy) is 3. The molecule has 2 aromatic heterocycles. The summed E-state index contributed by atoms with van der Waals surface area (Å²) in [5, 5.41) is 40.8. The molecule has 0 unspecified atom stereocenters. The van der Waals surface area contributed by atoms with E-state index in [9.17, 15) is 29.4 Å². The number of nitrogens with one attached hydrogen (secondary N) is 4. The van der Waals surface area contributed by atoms with Gasteiger partial charge in [-0.1, -0.05) is 26.0 Å². The van der Waals surface area contributed by atoms with Crippen LogP contribution in [0.4, 0.5) is 16.4 Å². The largest absolute Gasteiger partial charge is 0.508 e. The Labute approximate surface area is 407 Å². The van der Waals surface area contributed by atoms with Crippen LogP contribution in [-0.4, -0.2) is 122 Å². The van der Waals surface area contributed by atoms with E-state index in [1.54, 1.807) is 67.6 Å². The van der Waals surface area contributed by atoms with Gasteiger partial charge in [-0.3, -0.25) is 34.2 Å². The SMILES string of the molecule is CCNC(=O)c1nnc(-c2cc(C(C)C)c(O)cc2O)n1-c1ccc(C(=O)NCCc2ccc(OC(=O)NCCCOc3ccc4c(c3OC)N=C(NC(=O)c3cnc(N)nc3)N3CCN=C43)cc2)cc1. The number of methoxy groups -OCH3 is 1. The molecule has 22 nitrogen and oxygen atoms in total. The molecule has 0 bridgehead atoms. The van der Waals surface area contributed by atoms with Gasteiger partial charge in [0.1, 0.15) is 28.8 Å². The summed E-state index contributed by atoms with van der Waals surface area (Å²) in [7, 11) is 1.50. The van der Waals surface area contributed by atoms with Gasteiger partial charge in [0.15, 0.2) is 17.3 Å². The van der Waals surface area contributed by atoms with Crippen LogP contribution in [0.1, 0.15) is 81.1 Å². The molecule has 0 atom stereocenters. The van der Waals surface area contributed by atoms with Gasteiger partial charge < -0.3 is 46.1 Å². The molecule has 366 valence electrons. The number of phenols is 2. The highest BCUT2D eigenvalue weighted by Gasteiger charge is 2.34. The Morgan fingerprint density at radius 3 is 2.31 bits per heavy atom. The summed E-state index contributed by atoms with van der Waals surface area (Å²) in [4.78, 5) is 70.8. The number of nitrogens with zero attached hydrogens (tertiary/aromatic N) is 8. The Morgan fingerprint density at radius 2 is 1.59 bits per heavy atom. The lowest BCUT2D eigenvalue weighted by Gasteiger charge is -2.28. The molecular weight excluding hydrogens is 915 g/mol. The van der Waals surface area contributed by atoms with Crippen LogP contribution in [0, 0.1) is 0 Å². The van der Waals surface area contributed by atoms with Crippen molar-refractivity contribution in [2.75, 3.05) is 52.2 Å². The van der Waals surface area contributed by atoms with Crippen molar-refractivity contribution in [2.45, 2.75) is 39.5 Å². The molecule has 22 heteroatoms. The van der Waals surface area contributed by atoms with Gasteiger partial charge in [0.05, 0.1) is 31.4 Å². The third-order valence-electron chi connectivity index (χ3n) is 11.3. The fraction of sp³-hybridized carbons (Fsp3) is 0.265. The number of anilines is 1. The van der Waals surface area contributed by atoms with Gasteiger partial charge in [0, 0.05) is 61.5 Å². The molecule has 4 heterocycles. The van der Waals surface area contributed by atoms with Crippen molar-refractivity contribution in [2.24, 2.45) is 9.98 Å². The van der Waals surface area contributed by atoms with Crippen LogP contribution in [0.25, 0.3) is 17.1 Å². The number of hydrogen-bond acceptors (Lipinski definition) is 17. The van der Waals surface area contributed by atoms with E-state index < -0.39 is 17.9 Å². The third kappa shape index (κ3) is 10.8. The number of aromatic nitrogens is 5. The van der Waals surface area contributed by atoms with Crippen molar-refractivity contribution in [3.63, 3.8) is 0 Å². The number of benzene rings is 4. The van der Waals surface area contributed by atoms with Crippen LogP contribution in [-0.2, 0) is 6.42 Å². The van der Waals surface area contributed by atoms with Crippen molar-refractivity contribution in [3.05, 3.63) is 119 Å². The molecule has 71 heavy (non-hydrogen) atoms. The first-order chi connectivity index (χ1) is 34.3. The second-order valence-electron chi connectivity index (χ2n) is 16.4. The minimum atomic E-state index is -0.640. The zero-order valence-electron chi connectivity index (χ0n) is 39.2. The van der Waals surface area contributed by atoms with Gasteiger partial charge in [0.25, 0.3) is 17.7 Å². The van der Waals surface area contributed by atoms with Crippen molar-refractivity contribution in [1.82, 2.24) is 50.9 Å². The number of aliphatic imine (C=N–C) groups is 2. The Bertz CT molecular complexity index is 3030. The van der Waals surface area contributed by atoms with E-state index >= 15 is 0 Å². The zero-order valence-corrected chi connectivity index (χ0v) is 39.2. The van der Waals surface area contributed by atoms with Crippen molar-refractivity contribution in [3.8, 4) is 45.8 Å². The number of guanidine groups is 1. The number of amidine groups is 1. The average Bonchev–Trinajstić information content (AvgIpc) is 4.04. The summed E-state index contributed by atoms with van der Waals surface area (Å²) in [6.07, 6.45) is 2.95.